The molecular formula is C16H21NO4. The Hall–Kier alpha value is -2.04. The van der Waals surface area contributed by atoms with Gasteiger partial charge in [0.25, 0.3) is 0 Å². The highest BCUT2D eigenvalue weighted by Gasteiger charge is 2.30. The highest BCUT2D eigenvalue weighted by atomic mass is 16.5. The van der Waals surface area contributed by atoms with Crippen molar-refractivity contribution in [2.24, 2.45) is 5.92 Å². The molecular weight excluding hydrogens is 270 g/mol. The summed E-state index contributed by atoms with van der Waals surface area (Å²) in [5, 5.41) is 8.92. The van der Waals surface area contributed by atoms with Gasteiger partial charge in [0.2, 0.25) is 5.91 Å². The van der Waals surface area contributed by atoms with Crippen LogP contribution in [0.25, 0.3) is 0 Å². The number of hydrogen-bond acceptors (Lipinski definition) is 3. The Balaban J connectivity index is 1.67. The van der Waals surface area contributed by atoms with Crippen molar-refractivity contribution in [3.63, 3.8) is 0 Å². The highest BCUT2D eigenvalue weighted by Crippen LogP contribution is 2.18. The maximum absolute atomic E-state index is 12.0. The van der Waals surface area contributed by atoms with E-state index in [0.717, 1.165) is 11.3 Å². The quantitative estimate of drug-likeness (QED) is 0.815. The number of benzene rings is 1. The number of carboxylic acid groups (broad SMARTS) is 1. The zero-order chi connectivity index (χ0) is 15.2. The number of carboxylic acids is 1. The second kappa shape index (κ2) is 7.11. The molecule has 1 aliphatic rings. The van der Waals surface area contributed by atoms with Gasteiger partial charge in [0.15, 0.2) is 0 Å². The van der Waals surface area contributed by atoms with E-state index in [9.17, 15) is 9.59 Å². The average molecular weight is 291 g/mol. The van der Waals surface area contributed by atoms with Crippen LogP contribution in [0.1, 0.15) is 24.8 Å². The third kappa shape index (κ3) is 4.48. The number of aliphatic carboxylic acids is 1. The summed E-state index contributed by atoms with van der Waals surface area (Å²) in [6.07, 6.45) is 1.60. The monoisotopic (exact) mass is 291 g/mol. The fourth-order valence-corrected chi connectivity index (χ4v) is 2.47. The third-order valence-electron chi connectivity index (χ3n) is 3.68. The molecule has 114 valence electrons. The van der Waals surface area contributed by atoms with Crippen LogP contribution in [0, 0.1) is 12.8 Å². The normalized spacial score (nSPS) is 17.8. The smallest absolute Gasteiger partial charge is 0.308 e. The Bertz CT molecular complexity index is 515. The molecule has 1 N–H and O–H groups in total. The predicted molar refractivity (Wildman–Crippen MR) is 78.2 cm³/mol. The number of ether oxygens (including phenoxy) is 1. The molecule has 1 aliphatic heterocycles. The van der Waals surface area contributed by atoms with Gasteiger partial charge in [0.05, 0.1) is 12.5 Å². The first-order valence-electron chi connectivity index (χ1n) is 7.26. The SMILES string of the molecule is Cc1cccc(OCCCC(=O)N2CCC(C(=O)O)C2)c1. The van der Waals surface area contributed by atoms with Crippen LogP contribution < -0.4 is 4.74 Å². The van der Waals surface area contributed by atoms with Gasteiger partial charge in [-0.15, -0.1) is 0 Å². The van der Waals surface area contributed by atoms with E-state index >= 15 is 0 Å². The van der Waals surface area contributed by atoms with E-state index in [1.807, 2.05) is 31.2 Å². The summed E-state index contributed by atoms with van der Waals surface area (Å²) in [5.74, 6) is -0.383. The number of amides is 1. The van der Waals surface area contributed by atoms with Gasteiger partial charge in [-0.1, -0.05) is 12.1 Å². The van der Waals surface area contributed by atoms with E-state index in [1.54, 1.807) is 4.90 Å². The molecule has 1 aromatic rings. The van der Waals surface area contributed by atoms with E-state index in [0.29, 0.717) is 39.0 Å². The molecule has 1 atom stereocenters. The third-order valence-corrected chi connectivity index (χ3v) is 3.68. The van der Waals surface area contributed by atoms with Crippen LogP contribution in [0.3, 0.4) is 0 Å². The van der Waals surface area contributed by atoms with Crippen molar-refractivity contribution in [1.29, 1.82) is 0 Å². The van der Waals surface area contributed by atoms with Crippen LogP contribution in [0.5, 0.6) is 5.75 Å². The molecule has 5 heteroatoms. The van der Waals surface area contributed by atoms with E-state index < -0.39 is 11.9 Å². The first-order valence-corrected chi connectivity index (χ1v) is 7.26. The molecule has 0 radical (unpaired) electrons. The van der Waals surface area contributed by atoms with Gasteiger partial charge in [-0.3, -0.25) is 9.59 Å². The Kier molecular flexibility index (Phi) is 5.20. The van der Waals surface area contributed by atoms with Crippen LogP contribution in [0.2, 0.25) is 0 Å². The van der Waals surface area contributed by atoms with Crippen molar-refractivity contribution < 1.29 is 19.4 Å². The summed E-state index contributed by atoms with van der Waals surface area (Å²) in [6, 6.07) is 7.79. The minimum atomic E-state index is -0.812. The molecule has 21 heavy (non-hydrogen) atoms. The number of rotatable bonds is 6. The number of aryl methyl sites for hydroxylation is 1. The number of hydrogen-bond donors (Lipinski definition) is 1. The first kappa shape index (κ1) is 15.4. The zero-order valence-corrected chi connectivity index (χ0v) is 12.2. The lowest BCUT2D eigenvalue weighted by Crippen LogP contribution is -2.30. The zero-order valence-electron chi connectivity index (χ0n) is 12.2. The average Bonchev–Trinajstić information content (AvgIpc) is 2.93. The Labute approximate surface area is 124 Å². The van der Waals surface area contributed by atoms with Gasteiger partial charge >= 0.3 is 5.97 Å². The lowest BCUT2D eigenvalue weighted by atomic mass is 10.1. The molecule has 1 amide bonds. The molecule has 0 aromatic heterocycles. The van der Waals surface area contributed by atoms with Crippen LogP contribution in [0.4, 0.5) is 0 Å². The fourth-order valence-electron chi connectivity index (χ4n) is 2.47. The summed E-state index contributed by atoms with van der Waals surface area (Å²) in [4.78, 5) is 24.5. The molecule has 1 heterocycles. The van der Waals surface area contributed by atoms with E-state index in [2.05, 4.69) is 0 Å². The number of likely N-dealkylation sites (tertiary alicyclic amines) is 1. The number of carbonyl (C=O) groups excluding carboxylic acids is 1. The van der Waals surface area contributed by atoms with E-state index in [-0.39, 0.29) is 5.91 Å². The van der Waals surface area contributed by atoms with Crippen LogP contribution in [-0.4, -0.2) is 41.6 Å². The largest absolute Gasteiger partial charge is 0.494 e. The van der Waals surface area contributed by atoms with Gasteiger partial charge in [-0.05, 0) is 37.5 Å². The summed E-state index contributed by atoms with van der Waals surface area (Å²) in [6.45, 7) is 3.38. The summed E-state index contributed by atoms with van der Waals surface area (Å²) in [5.41, 5.74) is 1.14. The molecule has 1 unspecified atom stereocenters. The summed E-state index contributed by atoms with van der Waals surface area (Å²) in [7, 11) is 0. The predicted octanol–water partition coefficient (Wildman–Crippen LogP) is 2.09. The molecule has 2 rings (SSSR count). The lowest BCUT2D eigenvalue weighted by Gasteiger charge is -2.15. The van der Waals surface area contributed by atoms with Crippen molar-refractivity contribution in [3.8, 4) is 5.75 Å². The molecule has 1 saturated heterocycles. The molecule has 5 nitrogen and oxygen atoms in total. The van der Waals surface area contributed by atoms with Crippen molar-refractivity contribution in [2.45, 2.75) is 26.2 Å². The van der Waals surface area contributed by atoms with Crippen LogP contribution in [-0.2, 0) is 9.59 Å². The van der Waals surface area contributed by atoms with Crippen molar-refractivity contribution >= 4 is 11.9 Å². The molecule has 1 fully saturated rings. The van der Waals surface area contributed by atoms with Gasteiger partial charge in [0, 0.05) is 19.5 Å². The van der Waals surface area contributed by atoms with Crippen molar-refractivity contribution in [3.05, 3.63) is 29.8 Å². The number of carbonyl (C=O) groups is 2. The standard InChI is InChI=1S/C16H21NO4/c1-12-4-2-5-14(10-12)21-9-3-6-15(18)17-8-7-13(11-17)16(19)20/h2,4-5,10,13H,3,6-9,11H2,1H3,(H,19,20). The minimum Gasteiger partial charge on any atom is -0.494 e. The summed E-state index contributed by atoms with van der Waals surface area (Å²) < 4.78 is 5.59. The fraction of sp³-hybridized carbons (Fsp3) is 0.500. The van der Waals surface area contributed by atoms with Crippen molar-refractivity contribution in [2.75, 3.05) is 19.7 Å². The Morgan fingerprint density at radius 3 is 2.90 bits per heavy atom. The van der Waals surface area contributed by atoms with Gasteiger partial charge in [-0.25, -0.2) is 0 Å². The molecule has 0 bridgehead atoms. The van der Waals surface area contributed by atoms with E-state index in [1.165, 1.54) is 0 Å². The molecule has 0 aliphatic carbocycles. The van der Waals surface area contributed by atoms with Crippen molar-refractivity contribution in [1.82, 2.24) is 4.90 Å². The van der Waals surface area contributed by atoms with Gasteiger partial charge in [0.1, 0.15) is 5.75 Å². The van der Waals surface area contributed by atoms with E-state index in [4.69, 9.17) is 9.84 Å². The molecule has 0 saturated carbocycles. The Morgan fingerprint density at radius 1 is 1.43 bits per heavy atom. The topological polar surface area (TPSA) is 66.8 Å². The molecule has 0 spiro atoms. The van der Waals surface area contributed by atoms with Gasteiger partial charge < -0.3 is 14.7 Å². The highest BCUT2D eigenvalue weighted by molar-refractivity contribution is 5.78. The van der Waals surface area contributed by atoms with Crippen LogP contribution >= 0.6 is 0 Å². The lowest BCUT2D eigenvalue weighted by molar-refractivity contribution is -0.141. The summed E-state index contributed by atoms with van der Waals surface area (Å²) >= 11 is 0. The second-order valence-corrected chi connectivity index (χ2v) is 5.43. The maximum atomic E-state index is 12.0. The first-order chi connectivity index (χ1) is 10.1. The maximum Gasteiger partial charge on any atom is 0.308 e. The minimum absolute atomic E-state index is 0.0200. The van der Waals surface area contributed by atoms with Gasteiger partial charge in [-0.2, -0.15) is 0 Å². The Morgan fingerprint density at radius 2 is 2.24 bits per heavy atom. The second-order valence-electron chi connectivity index (χ2n) is 5.43. The van der Waals surface area contributed by atoms with Crippen LogP contribution in [0.15, 0.2) is 24.3 Å². The number of nitrogens with zero attached hydrogens (tertiary/aromatic N) is 1. The molecule has 1 aromatic carbocycles.